The van der Waals surface area contributed by atoms with Crippen molar-refractivity contribution >= 4 is 18.4 Å². The minimum atomic E-state index is -0.757. The predicted molar refractivity (Wildman–Crippen MR) is 45.1 cm³/mol. The molecule has 0 bridgehead atoms. The largest absolute Gasteiger partial charge is 0.480 e. The van der Waals surface area contributed by atoms with Crippen molar-refractivity contribution in [3.63, 3.8) is 0 Å². The number of hydrogen-bond donors (Lipinski definition) is 2. The summed E-state index contributed by atoms with van der Waals surface area (Å²) >= 11 is 0. The van der Waals surface area contributed by atoms with Crippen LogP contribution in [0.3, 0.4) is 0 Å². The lowest BCUT2D eigenvalue weighted by molar-refractivity contribution is -0.139. The number of carboxylic acid groups (broad SMARTS) is 1. The molecular formula is C7H14ClNO2. The Balaban J connectivity index is 0.000001000. The number of rotatable bonds is 3. The Morgan fingerprint density at radius 1 is 1.64 bits per heavy atom. The third kappa shape index (κ3) is 3.08. The molecule has 1 rings (SSSR count). The van der Waals surface area contributed by atoms with E-state index in [4.69, 9.17) is 5.11 Å². The van der Waals surface area contributed by atoms with E-state index in [2.05, 4.69) is 5.32 Å². The Labute approximate surface area is 72.6 Å². The first-order chi connectivity index (χ1) is 4.70. The van der Waals surface area contributed by atoms with E-state index in [0.717, 1.165) is 12.8 Å². The fourth-order valence-corrected chi connectivity index (χ4v) is 1.000. The fourth-order valence-electron chi connectivity index (χ4n) is 1.000. The first-order valence-electron chi connectivity index (χ1n) is 3.69. The molecule has 4 heteroatoms. The molecule has 0 heterocycles. The SMILES string of the molecule is CC(NC1CCC1)C(=O)O.Cl. The van der Waals surface area contributed by atoms with E-state index in [9.17, 15) is 4.79 Å². The van der Waals surface area contributed by atoms with Gasteiger partial charge in [0.15, 0.2) is 0 Å². The maximum atomic E-state index is 10.3. The average Bonchev–Trinajstić information content (AvgIpc) is 1.77. The van der Waals surface area contributed by atoms with Crippen molar-refractivity contribution in [2.45, 2.75) is 38.3 Å². The number of hydrogen-bond acceptors (Lipinski definition) is 2. The van der Waals surface area contributed by atoms with Crippen molar-refractivity contribution in [1.29, 1.82) is 0 Å². The molecule has 1 saturated carbocycles. The van der Waals surface area contributed by atoms with Gasteiger partial charge in [-0.05, 0) is 19.8 Å². The molecular weight excluding hydrogens is 166 g/mol. The molecule has 0 radical (unpaired) electrons. The van der Waals surface area contributed by atoms with Crippen LogP contribution >= 0.6 is 12.4 Å². The van der Waals surface area contributed by atoms with E-state index in [-0.39, 0.29) is 18.4 Å². The van der Waals surface area contributed by atoms with Crippen molar-refractivity contribution in [2.75, 3.05) is 0 Å². The van der Waals surface area contributed by atoms with Gasteiger partial charge in [-0.3, -0.25) is 4.79 Å². The van der Waals surface area contributed by atoms with E-state index in [0.29, 0.717) is 6.04 Å². The maximum Gasteiger partial charge on any atom is 0.320 e. The Morgan fingerprint density at radius 2 is 2.18 bits per heavy atom. The summed E-state index contributed by atoms with van der Waals surface area (Å²) in [4.78, 5) is 10.3. The van der Waals surface area contributed by atoms with Crippen LogP contribution in [0.15, 0.2) is 0 Å². The Bertz CT molecular complexity index is 136. The number of nitrogens with one attached hydrogen (secondary N) is 1. The third-order valence-electron chi connectivity index (χ3n) is 1.96. The Kier molecular flexibility index (Phi) is 4.45. The molecule has 1 aliphatic carbocycles. The summed E-state index contributed by atoms with van der Waals surface area (Å²) in [6, 6.07) is 0.0800. The summed E-state index contributed by atoms with van der Waals surface area (Å²) in [6.07, 6.45) is 3.51. The van der Waals surface area contributed by atoms with Gasteiger partial charge in [-0.2, -0.15) is 0 Å². The van der Waals surface area contributed by atoms with Gasteiger partial charge in [0.2, 0.25) is 0 Å². The van der Waals surface area contributed by atoms with Gasteiger partial charge in [0.1, 0.15) is 6.04 Å². The topological polar surface area (TPSA) is 49.3 Å². The standard InChI is InChI=1S/C7H13NO2.ClH/c1-5(7(9)10)8-6-3-2-4-6;/h5-6,8H,2-4H2,1H3,(H,9,10);1H. The van der Waals surface area contributed by atoms with Gasteiger partial charge in [-0.25, -0.2) is 0 Å². The molecule has 2 N–H and O–H groups in total. The average molecular weight is 180 g/mol. The van der Waals surface area contributed by atoms with Gasteiger partial charge in [0, 0.05) is 6.04 Å². The van der Waals surface area contributed by atoms with Gasteiger partial charge in [-0.1, -0.05) is 6.42 Å². The van der Waals surface area contributed by atoms with E-state index < -0.39 is 5.97 Å². The number of carbonyl (C=O) groups is 1. The van der Waals surface area contributed by atoms with E-state index in [1.165, 1.54) is 6.42 Å². The van der Waals surface area contributed by atoms with Crippen molar-refractivity contribution in [1.82, 2.24) is 5.32 Å². The number of aliphatic carboxylic acids is 1. The second-order valence-corrected chi connectivity index (χ2v) is 2.85. The molecule has 0 aliphatic heterocycles. The van der Waals surface area contributed by atoms with Crippen LogP contribution in [-0.4, -0.2) is 23.2 Å². The zero-order valence-corrected chi connectivity index (χ0v) is 7.36. The van der Waals surface area contributed by atoms with Gasteiger partial charge >= 0.3 is 5.97 Å². The molecule has 0 spiro atoms. The van der Waals surface area contributed by atoms with Gasteiger partial charge in [0.05, 0.1) is 0 Å². The molecule has 66 valence electrons. The maximum absolute atomic E-state index is 10.3. The van der Waals surface area contributed by atoms with Crippen LogP contribution in [0.2, 0.25) is 0 Å². The highest BCUT2D eigenvalue weighted by atomic mass is 35.5. The first-order valence-corrected chi connectivity index (χ1v) is 3.69. The Hall–Kier alpha value is -0.280. The summed E-state index contributed by atoms with van der Waals surface area (Å²) in [5, 5.41) is 11.5. The molecule has 1 fully saturated rings. The van der Waals surface area contributed by atoms with E-state index in [1.807, 2.05) is 0 Å². The first kappa shape index (κ1) is 10.7. The van der Waals surface area contributed by atoms with Crippen molar-refractivity contribution in [3.05, 3.63) is 0 Å². The van der Waals surface area contributed by atoms with Crippen LogP contribution in [0.4, 0.5) is 0 Å². The van der Waals surface area contributed by atoms with Crippen LogP contribution in [0.1, 0.15) is 26.2 Å². The van der Waals surface area contributed by atoms with Gasteiger partial charge < -0.3 is 10.4 Å². The van der Waals surface area contributed by atoms with Crippen LogP contribution in [0.25, 0.3) is 0 Å². The van der Waals surface area contributed by atoms with Gasteiger partial charge in [-0.15, -0.1) is 12.4 Å². The highest BCUT2D eigenvalue weighted by molar-refractivity contribution is 5.85. The normalized spacial score (nSPS) is 19.7. The molecule has 0 aromatic carbocycles. The zero-order valence-electron chi connectivity index (χ0n) is 6.54. The molecule has 0 aromatic rings. The second kappa shape index (κ2) is 4.57. The monoisotopic (exact) mass is 179 g/mol. The summed E-state index contributed by atoms with van der Waals surface area (Å²) in [6.45, 7) is 1.68. The Morgan fingerprint density at radius 3 is 2.45 bits per heavy atom. The summed E-state index contributed by atoms with van der Waals surface area (Å²) in [7, 11) is 0. The molecule has 0 saturated heterocycles. The smallest absolute Gasteiger partial charge is 0.320 e. The molecule has 0 amide bonds. The molecule has 11 heavy (non-hydrogen) atoms. The van der Waals surface area contributed by atoms with E-state index >= 15 is 0 Å². The lowest BCUT2D eigenvalue weighted by Crippen LogP contribution is -2.44. The van der Waals surface area contributed by atoms with Crippen LogP contribution < -0.4 is 5.32 Å². The van der Waals surface area contributed by atoms with E-state index in [1.54, 1.807) is 6.92 Å². The molecule has 1 unspecified atom stereocenters. The summed E-state index contributed by atoms with van der Waals surface area (Å²) in [5.41, 5.74) is 0. The van der Waals surface area contributed by atoms with Crippen molar-refractivity contribution < 1.29 is 9.90 Å². The molecule has 1 aliphatic rings. The lowest BCUT2D eigenvalue weighted by Gasteiger charge is -2.28. The minimum absolute atomic E-state index is 0. The fraction of sp³-hybridized carbons (Fsp3) is 0.857. The second-order valence-electron chi connectivity index (χ2n) is 2.85. The summed E-state index contributed by atoms with van der Waals surface area (Å²) in [5.74, 6) is -0.757. The quantitative estimate of drug-likeness (QED) is 0.680. The van der Waals surface area contributed by atoms with Crippen LogP contribution in [0, 0.1) is 0 Å². The summed E-state index contributed by atoms with van der Waals surface area (Å²) < 4.78 is 0. The van der Waals surface area contributed by atoms with Crippen molar-refractivity contribution in [2.24, 2.45) is 0 Å². The minimum Gasteiger partial charge on any atom is -0.480 e. The van der Waals surface area contributed by atoms with Crippen molar-refractivity contribution in [3.8, 4) is 0 Å². The molecule has 1 atom stereocenters. The van der Waals surface area contributed by atoms with Crippen LogP contribution in [0.5, 0.6) is 0 Å². The zero-order chi connectivity index (χ0) is 7.56. The van der Waals surface area contributed by atoms with Gasteiger partial charge in [0.25, 0.3) is 0 Å². The number of carboxylic acids is 1. The highest BCUT2D eigenvalue weighted by Gasteiger charge is 2.21. The lowest BCUT2D eigenvalue weighted by atomic mass is 9.92. The predicted octanol–water partition coefficient (Wildman–Crippen LogP) is 1.02. The molecule has 0 aromatic heterocycles. The molecule has 3 nitrogen and oxygen atoms in total. The number of halogens is 1. The van der Waals surface area contributed by atoms with Crippen LogP contribution in [-0.2, 0) is 4.79 Å². The third-order valence-corrected chi connectivity index (χ3v) is 1.96. The highest BCUT2D eigenvalue weighted by Crippen LogP contribution is 2.18.